The number of halogens is 2. The Morgan fingerprint density at radius 1 is 1.16 bits per heavy atom. The molecule has 2 N–H and O–H groups in total. The van der Waals surface area contributed by atoms with Crippen molar-refractivity contribution >= 4 is 46.5 Å². The number of hydrogen-bond donors (Lipinski definition) is 2. The monoisotopic (exact) mass is 469 g/mol. The topological polar surface area (TPSA) is 92.4 Å². The van der Waals surface area contributed by atoms with Gasteiger partial charge < -0.3 is 10.4 Å². The quantitative estimate of drug-likeness (QED) is 0.448. The van der Waals surface area contributed by atoms with Gasteiger partial charge in [-0.05, 0) is 60.4 Å². The number of nitrogens with zero attached hydrogens (tertiary/aromatic N) is 4. The van der Waals surface area contributed by atoms with Crippen molar-refractivity contribution in [3.8, 4) is 17.1 Å². The highest BCUT2D eigenvalue weighted by Gasteiger charge is 2.16. The molecule has 0 saturated heterocycles. The van der Waals surface area contributed by atoms with Gasteiger partial charge in [0.1, 0.15) is 0 Å². The van der Waals surface area contributed by atoms with Gasteiger partial charge >= 0.3 is 0 Å². The summed E-state index contributed by atoms with van der Waals surface area (Å²) in [5.74, 6) is 0.628. The van der Waals surface area contributed by atoms with Crippen LogP contribution in [0.3, 0.4) is 0 Å². The normalized spacial score (nSPS) is 12.1. The van der Waals surface area contributed by atoms with Gasteiger partial charge in [-0.2, -0.15) is 5.10 Å². The highest BCUT2D eigenvalue weighted by atomic mass is 35.5. The SMILES string of the molecule is CC(=O)Nc1ccc(-c2nc3c(=Cc4cc(Cl)c(O)c(Cl)c4)c(CC(C)C)nn3n2)cc1. The Kier molecular flexibility index (Phi) is 6.04. The first kappa shape index (κ1) is 22.0. The Labute approximate surface area is 194 Å². The zero-order valence-electron chi connectivity index (χ0n) is 17.7. The van der Waals surface area contributed by atoms with Crippen molar-refractivity contribution in [1.82, 2.24) is 19.8 Å². The van der Waals surface area contributed by atoms with Gasteiger partial charge in [0.25, 0.3) is 0 Å². The van der Waals surface area contributed by atoms with E-state index >= 15 is 0 Å². The minimum absolute atomic E-state index is 0.131. The minimum Gasteiger partial charge on any atom is -0.505 e. The van der Waals surface area contributed by atoms with Gasteiger partial charge in [0.15, 0.2) is 17.2 Å². The number of aromatic hydroxyl groups is 1. The van der Waals surface area contributed by atoms with Crippen molar-refractivity contribution in [2.45, 2.75) is 27.2 Å². The predicted molar refractivity (Wildman–Crippen MR) is 126 cm³/mol. The molecule has 9 heteroatoms. The predicted octanol–water partition coefficient (Wildman–Crippen LogP) is 4.51. The van der Waals surface area contributed by atoms with Crippen LogP contribution in [0.5, 0.6) is 5.75 Å². The third-order valence-corrected chi connectivity index (χ3v) is 5.35. The number of anilines is 1. The molecule has 0 bridgehead atoms. The Morgan fingerprint density at radius 2 is 1.81 bits per heavy atom. The first-order valence-corrected chi connectivity index (χ1v) is 10.8. The van der Waals surface area contributed by atoms with Crippen molar-refractivity contribution in [2.75, 3.05) is 5.32 Å². The number of carbonyl (C=O) groups is 1. The Morgan fingerprint density at radius 3 is 2.41 bits per heavy atom. The van der Waals surface area contributed by atoms with Gasteiger partial charge in [-0.1, -0.05) is 37.0 Å². The molecule has 0 spiro atoms. The van der Waals surface area contributed by atoms with Crippen LogP contribution in [0.2, 0.25) is 10.0 Å². The van der Waals surface area contributed by atoms with Gasteiger partial charge in [-0.25, -0.2) is 4.98 Å². The van der Waals surface area contributed by atoms with Crippen molar-refractivity contribution in [2.24, 2.45) is 5.92 Å². The average Bonchev–Trinajstić information content (AvgIpc) is 3.25. The van der Waals surface area contributed by atoms with Crippen LogP contribution >= 0.6 is 23.2 Å². The summed E-state index contributed by atoms with van der Waals surface area (Å²) in [6, 6.07) is 10.6. The molecule has 0 aliphatic rings. The summed E-state index contributed by atoms with van der Waals surface area (Å²) in [4.78, 5) is 15.9. The van der Waals surface area contributed by atoms with E-state index in [9.17, 15) is 9.90 Å². The van der Waals surface area contributed by atoms with E-state index in [1.165, 1.54) is 11.6 Å². The zero-order chi connectivity index (χ0) is 23.0. The molecule has 0 radical (unpaired) electrons. The standard InChI is InChI=1S/C23H21Cl2N5O2/c1-12(2)8-20-17(9-14-10-18(24)21(32)19(25)11-14)23-27-22(29-30(23)28-20)15-4-6-16(7-5-15)26-13(3)31/h4-7,9-12,32H,8H2,1-3H3,(H,26,31). The molecule has 164 valence electrons. The summed E-state index contributed by atoms with van der Waals surface area (Å²) in [6.45, 7) is 5.69. The Hall–Kier alpha value is -3.16. The molecule has 1 amide bonds. The van der Waals surface area contributed by atoms with Crippen LogP contribution in [0.25, 0.3) is 23.1 Å². The number of phenolic OH excluding ortho intramolecular Hbond substituents is 1. The molecule has 2 aromatic heterocycles. The van der Waals surface area contributed by atoms with Gasteiger partial charge in [-0.15, -0.1) is 9.73 Å². The summed E-state index contributed by atoms with van der Waals surface area (Å²) in [6.07, 6.45) is 2.65. The van der Waals surface area contributed by atoms with E-state index in [2.05, 4.69) is 29.4 Å². The first-order valence-electron chi connectivity index (χ1n) is 10.0. The van der Waals surface area contributed by atoms with Crippen molar-refractivity contribution in [1.29, 1.82) is 0 Å². The van der Waals surface area contributed by atoms with E-state index in [1.54, 1.807) is 24.3 Å². The third-order valence-electron chi connectivity index (χ3n) is 4.77. The highest BCUT2D eigenvalue weighted by molar-refractivity contribution is 6.37. The fourth-order valence-corrected chi connectivity index (χ4v) is 3.89. The third kappa shape index (κ3) is 4.54. The second-order valence-electron chi connectivity index (χ2n) is 7.94. The van der Waals surface area contributed by atoms with Crippen molar-refractivity contribution in [3.05, 3.63) is 62.9 Å². The Balaban J connectivity index is 1.82. The maximum atomic E-state index is 11.2. The zero-order valence-corrected chi connectivity index (χ0v) is 19.2. The molecule has 0 fully saturated rings. The fourth-order valence-electron chi connectivity index (χ4n) is 3.39. The smallest absolute Gasteiger partial charge is 0.221 e. The van der Waals surface area contributed by atoms with Crippen LogP contribution in [0, 0.1) is 5.92 Å². The largest absolute Gasteiger partial charge is 0.505 e. The number of nitrogens with one attached hydrogen (secondary N) is 1. The first-order chi connectivity index (χ1) is 15.2. The van der Waals surface area contributed by atoms with Crippen LogP contribution in [0.15, 0.2) is 36.4 Å². The minimum atomic E-state index is -0.147. The van der Waals surface area contributed by atoms with Crippen LogP contribution in [-0.2, 0) is 11.2 Å². The van der Waals surface area contributed by atoms with Gasteiger partial charge in [0.05, 0.1) is 15.7 Å². The second kappa shape index (κ2) is 8.76. The van der Waals surface area contributed by atoms with Crippen molar-refractivity contribution in [3.63, 3.8) is 0 Å². The molecule has 7 nitrogen and oxygen atoms in total. The van der Waals surface area contributed by atoms with Gasteiger partial charge in [0, 0.05) is 23.4 Å². The highest BCUT2D eigenvalue weighted by Crippen LogP contribution is 2.33. The number of rotatable bonds is 5. The maximum absolute atomic E-state index is 11.2. The molecular weight excluding hydrogens is 449 g/mol. The summed E-state index contributed by atoms with van der Waals surface area (Å²) in [5, 5.41) is 23.0. The molecule has 0 atom stereocenters. The summed E-state index contributed by atoms with van der Waals surface area (Å²) in [7, 11) is 0. The lowest BCUT2D eigenvalue weighted by molar-refractivity contribution is -0.114. The Bertz CT molecular complexity index is 1340. The van der Waals surface area contributed by atoms with E-state index < -0.39 is 0 Å². The van der Waals surface area contributed by atoms with Crippen LogP contribution in [0.4, 0.5) is 5.69 Å². The van der Waals surface area contributed by atoms with E-state index in [1.807, 2.05) is 18.2 Å². The molecule has 4 aromatic rings. The maximum Gasteiger partial charge on any atom is 0.221 e. The molecule has 0 saturated carbocycles. The average molecular weight is 470 g/mol. The summed E-state index contributed by atoms with van der Waals surface area (Å²) >= 11 is 12.2. The lowest BCUT2D eigenvalue weighted by Gasteiger charge is -2.03. The lowest BCUT2D eigenvalue weighted by atomic mass is 10.1. The van der Waals surface area contributed by atoms with Crippen LogP contribution < -0.4 is 10.5 Å². The van der Waals surface area contributed by atoms with Gasteiger partial charge in [-0.3, -0.25) is 4.79 Å². The molecule has 0 unspecified atom stereocenters. The molecule has 32 heavy (non-hydrogen) atoms. The number of benzene rings is 2. The number of aromatic nitrogens is 4. The number of hydrogen-bond acceptors (Lipinski definition) is 5. The molecule has 0 aliphatic heterocycles. The molecular formula is C23H21Cl2N5O2. The van der Waals surface area contributed by atoms with E-state index in [0.29, 0.717) is 23.1 Å². The van der Waals surface area contributed by atoms with Gasteiger partial charge in [0.2, 0.25) is 5.91 Å². The van der Waals surface area contributed by atoms with Crippen LogP contribution in [-0.4, -0.2) is 30.8 Å². The van der Waals surface area contributed by atoms with Crippen molar-refractivity contribution < 1.29 is 9.90 Å². The van der Waals surface area contributed by atoms with E-state index in [4.69, 9.17) is 28.2 Å². The number of phenols is 1. The van der Waals surface area contributed by atoms with Crippen LogP contribution in [0.1, 0.15) is 32.0 Å². The molecule has 2 aromatic carbocycles. The lowest BCUT2D eigenvalue weighted by Crippen LogP contribution is -2.10. The van der Waals surface area contributed by atoms with E-state index in [-0.39, 0.29) is 21.7 Å². The molecule has 4 rings (SSSR count). The van der Waals surface area contributed by atoms with E-state index in [0.717, 1.165) is 28.5 Å². The summed E-state index contributed by atoms with van der Waals surface area (Å²) in [5.41, 5.74) is 3.70. The molecule has 0 aliphatic carbocycles. The number of carbonyl (C=O) groups excluding carboxylic acids is 1. The fraction of sp³-hybridized carbons (Fsp3) is 0.217. The summed E-state index contributed by atoms with van der Waals surface area (Å²) < 4.78 is 1.53. The number of amides is 1. The molecule has 2 heterocycles. The number of fused-ring (bicyclic) bond motifs is 1. The second-order valence-corrected chi connectivity index (χ2v) is 8.76.